The molecule has 0 aromatic carbocycles. The van der Waals surface area contributed by atoms with Crippen molar-refractivity contribution in [1.82, 2.24) is 19.6 Å². The van der Waals surface area contributed by atoms with Crippen molar-refractivity contribution in [2.75, 3.05) is 31.5 Å². The standard InChI is InChI=1S/C18H31N5O2/c1-13-10-21(12-18(3,4)25)7-8-22(13)17(24)20-16-9-19-23(11-16)14(2)15-5-6-15/h9,11,13-15,25H,5-8,10,12H2,1-4H3,(H,20,24)/t13-,14-/m1/s1. The second kappa shape index (κ2) is 6.96. The van der Waals surface area contributed by atoms with Crippen LogP contribution in [0.2, 0.25) is 0 Å². The van der Waals surface area contributed by atoms with Gasteiger partial charge in [0.25, 0.3) is 0 Å². The van der Waals surface area contributed by atoms with Gasteiger partial charge in [0, 0.05) is 38.4 Å². The Morgan fingerprint density at radius 2 is 2.16 bits per heavy atom. The number of nitrogens with one attached hydrogen (secondary N) is 1. The number of aliphatic hydroxyl groups is 1. The molecule has 3 rings (SSSR count). The highest BCUT2D eigenvalue weighted by molar-refractivity contribution is 5.89. The Hall–Kier alpha value is -1.60. The second-order valence-corrected chi connectivity index (χ2v) is 8.31. The van der Waals surface area contributed by atoms with Gasteiger partial charge in [0.2, 0.25) is 0 Å². The third-order valence-corrected chi connectivity index (χ3v) is 5.16. The summed E-state index contributed by atoms with van der Waals surface area (Å²) in [4.78, 5) is 16.7. The van der Waals surface area contributed by atoms with Crippen molar-refractivity contribution in [2.45, 2.75) is 58.2 Å². The first kappa shape index (κ1) is 18.2. The van der Waals surface area contributed by atoms with Crippen molar-refractivity contribution in [3.8, 4) is 0 Å². The molecule has 1 aliphatic carbocycles. The molecule has 7 nitrogen and oxygen atoms in total. The van der Waals surface area contributed by atoms with Crippen LogP contribution >= 0.6 is 0 Å². The molecule has 0 bridgehead atoms. The molecule has 2 aliphatic rings. The number of nitrogens with zero attached hydrogens (tertiary/aromatic N) is 4. The summed E-state index contributed by atoms with van der Waals surface area (Å²) in [6, 6.07) is 0.431. The molecule has 0 unspecified atom stereocenters. The Labute approximate surface area is 150 Å². The topological polar surface area (TPSA) is 73.6 Å². The fourth-order valence-electron chi connectivity index (χ4n) is 3.64. The van der Waals surface area contributed by atoms with Crippen molar-refractivity contribution in [1.29, 1.82) is 0 Å². The van der Waals surface area contributed by atoms with E-state index >= 15 is 0 Å². The van der Waals surface area contributed by atoms with Gasteiger partial charge < -0.3 is 15.3 Å². The summed E-state index contributed by atoms with van der Waals surface area (Å²) in [5.74, 6) is 0.729. The molecule has 2 atom stereocenters. The van der Waals surface area contributed by atoms with E-state index in [2.05, 4.69) is 29.2 Å². The van der Waals surface area contributed by atoms with Crippen LogP contribution in [0.3, 0.4) is 0 Å². The predicted octanol–water partition coefficient (Wildman–Crippen LogP) is 2.16. The van der Waals surface area contributed by atoms with E-state index in [1.807, 2.05) is 29.6 Å². The van der Waals surface area contributed by atoms with Gasteiger partial charge in [-0.15, -0.1) is 0 Å². The van der Waals surface area contributed by atoms with Crippen molar-refractivity contribution in [3.63, 3.8) is 0 Å². The maximum absolute atomic E-state index is 12.6. The van der Waals surface area contributed by atoms with Crippen LogP contribution < -0.4 is 5.32 Å². The fraction of sp³-hybridized carbons (Fsp3) is 0.778. The molecule has 2 N–H and O–H groups in total. The highest BCUT2D eigenvalue weighted by atomic mass is 16.3. The summed E-state index contributed by atoms with van der Waals surface area (Å²) in [6.07, 6.45) is 6.20. The van der Waals surface area contributed by atoms with Crippen molar-refractivity contribution in [3.05, 3.63) is 12.4 Å². The van der Waals surface area contributed by atoms with E-state index in [4.69, 9.17) is 0 Å². The zero-order valence-corrected chi connectivity index (χ0v) is 15.8. The maximum Gasteiger partial charge on any atom is 0.322 e. The van der Waals surface area contributed by atoms with Crippen LogP contribution in [0.5, 0.6) is 0 Å². The minimum atomic E-state index is -0.711. The van der Waals surface area contributed by atoms with Crippen molar-refractivity contribution >= 4 is 11.7 Å². The Morgan fingerprint density at radius 1 is 1.44 bits per heavy atom. The van der Waals surface area contributed by atoms with Gasteiger partial charge >= 0.3 is 6.03 Å². The minimum absolute atomic E-state index is 0.0750. The number of carbonyl (C=O) groups excluding carboxylic acids is 1. The first-order chi connectivity index (χ1) is 11.7. The monoisotopic (exact) mass is 349 g/mol. The smallest absolute Gasteiger partial charge is 0.322 e. The first-order valence-electron chi connectivity index (χ1n) is 9.29. The quantitative estimate of drug-likeness (QED) is 0.854. The largest absolute Gasteiger partial charge is 0.389 e. The van der Waals surface area contributed by atoms with Crippen molar-refractivity contribution in [2.24, 2.45) is 5.92 Å². The van der Waals surface area contributed by atoms with E-state index < -0.39 is 5.60 Å². The number of anilines is 1. The van der Waals surface area contributed by atoms with Gasteiger partial charge in [-0.2, -0.15) is 5.10 Å². The van der Waals surface area contributed by atoms with Gasteiger partial charge in [-0.3, -0.25) is 9.58 Å². The molecule has 1 aromatic rings. The number of carbonyl (C=O) groups is 1. The van der Waals surface area contributed by atoms with Gasteiger partial charge in [0.1, 0.15) is 0 Å². The Morgan fingerprint density at radius 3 is 2.76 bits per heavy atom. The Kier molecular flexibility index (Phi) is 5.06. The fourth-order valence-corrected chi connectivity index (χ4v) is 3.64. The molecule has 2 fully saturated rings. The minimum Gasteiger partial charge on any atom is -0.389 e. The van der Waals surface area contributed by atoms with E-state index in [9.17, 15) is 9.90 Å². The third kappa shape index (κ3) is 4.73. The molecule has 0 spiro atoms. The SMILES string of the molecule is C[C@@H]1CN(CC(C)(C)O)CCN1C(=O)Nc1cnn([C@H](C)C2CC2)c1. The number of hydrogen-bond donors (Lipinski definition) is 2. The molecule has 1 saturated carbocycles. The molecular formula is C18H31N5O2. The van der Waals surface area contributed by atoms with Crippen LogP contribution in [0.25, 0.3) is 0 Å². The van der Waals surface area contributed by atoms with Crippen LogP contribution in [0.4, 0.5) is 10.5 Å². The molecule has 1 saturated heterocycles. The van der Waals surface area contributed by atoms with Gasteiger partial charge in [0.05, 0.1) is 23.5 Å². The highest BCUT2D eigenvalue weighted by Gasteiger charge is 2.31. The molecule has 1 aliphatic heterocycles. The second-order valence-electron chi connectivity index (χ2n) is 8.31. The number of piperazine rings is 1. The van der Waals surface area contributed by atoms with Crippen LogP contribution in [0, 0.1) is 5.92 Å². The van der Waals surface area contributed by atoms with Crippen LogP contribution in [-0.4, -0.2) is 68.5 Å². The summed E-state index contributed by atoms with van der Waals surface area (Å²) in [5.41, 5.74) is 0.0420. The lowest BCUT2D eigenvalue weighted by atomic mass is 10.1. The van der Waals surface area contributed by atoms with Gasteiger partial charge in [-0.25, -0.2) is 4.79 Å². The van der Waals surface area contributed by atoms with E-state index in [0.29, 0.717) is 19.1 Å². The lowest BCUT2D eigenvalue weighted by molar-refractivity contribution is 0.0130. The lowest BCUT2D eigenvalue weighted by Gasteiger charge is -2.41. The average Bonchev–Trinajstić information content (AvgIpc) is 3.25. The first-order valence-corrected chi connectivity index (χ1v) is 9.29. The number of urea groups is 1. The lowest BCUT2D eigenvalue weighted by Crippen LogP contribution is -2.57. The number of β-amino-alcohol motifs (C(OH)–C–C–N with tert-alkyl or cyclic N) is 1. The van der Waals surface area contributed by atoms with Crippen LogP contribution in [0.1, 0.15) is 46.6 Å². The molecular weight excluding hydrogens is 318 g/mol. The summed E-state index contributed by atoms with van der Waals surface area (Å²) >= 11 is 0. The van der Waals surface area contributed by atoms with E-state index in [1.54, 1.807) is 6.20 Å². The molecule has 25 heavy (non-hydrogen) atoms. The van der Waals surface area contributed by atoms with Crippen molar-refractivity contribution < 1.29 is 9.90 Å². The zero-order valence-electron chi connectivity index (χ0n) is 15.8. The molecule has 2 heterocycles. The zero-order chi connectivity index (χ0) is 18.2. The molecule has 140 valence electrons. The summed E-state index contributed by atoms with van der Waals surface area (Å²) in [6.45, 7) is 10.7. The predicted molar refractivity (Wildman–Crippen MR) is 97.6 cm³/mol. The van der Waals surface area contributed by atoms with Gasteiger partial charge in [0.15, 0.2) is 0 Å². The third-order valence-electron chi connectivity index (χ3n) is 5.16. The Bertz CT molecular complexity index is 605. The summed E-state index contributed by atoms with van der Waals surface area (Å²) in [7, 11) is 0. The van der Waals surface area contributed by atoms with E-state index in [-0.39, 0.29) is 12.1 Å². The maximum atomic E-state index is 12.6. The van der Waals surface area contributed by atoms with E-state index in [1.165, 1.54) is 12.8 Å². The number of amides is 2. The van der Waals surface area contributed by atoms with Gasteiger partial charge in [-0.05, 0) is 46.5 Å². The average molecular weight is 349 g/mol. The molecule has 0 radical (unpaired) electrons. The molecule has 2 amide bonds. The van der Waals surface area contributed by atoms with Crippen LogP contribution in [0.15, 0.2) is 12.4 Å². The molecule has 1 aromatic heterocycles. The van der Waals surface area contributed by atoms with Gasteiger partial charge in [-0.1, -0.05) is 0 Å². The highest BCUT2D eigenvalue weighted by Crippen LogP contribution is 2.39. The molecule has 7 heteroatoms. The number of aromatic nitrogens is 2. The van der Waals surface area contributed by atoms with Crippen LogP contribution in [-0.2, 0) is 0 Å². The summed E-state index contributed by atoms with van der Waals surface area (Å²) in [5, 5.41) is 17.3. The number of hydrogen-bond acceptors (Lipinski definition) is 4. The Balaban J connectivity index is 1.53. The summed E-state index contributed by atoms with van der Waals surface area (Å²) < 4.78 is 1.96. The number of rotatable bonds is 5. The van der Waals surface area contributed by atoms with E-state index in [0.717, 1.165) is 24.7 Å². The normalized spacial score (nSPS) is 23.6.